The van der Waals surface area contributed by atoms with Crippen LogP contribution in [-0.2, 0) is 0 Å². The van der Waals surface area contributed by atoms with Crippen LogP contribution < -0.4 is 5.11 Å². The molecular weight excluding hydrogens is 150 g/mol. The van der Waals surface area contributed by atoms with Crippen molar-refractivity contribution < 1.29 is 9.59 Å². The Labute approximate surface area is 77.8 Å². The number of hydrogen-bond acceptors (Lipinski definition) is 1. The van der Waals surface area contributed by atoms with E-state index in [9.17, 15) is 0 Å². The van der Waals surface area contributed by atoms with Crippen molar-refractivity contribution in [3.8, 4) is 0 Å². The summed E-state index contributed by atoms with van der Waals surface area (Å²) in [6.07, 6.45) is 0. The lowest BCUT2D eigenvalue weighted by Crippen LogP contribution is -2.47. The smallest absolute Gasteiger partial charge is 0.0757 e. The van der Waals surface area contributed by atoms with Crippen molar-refractivity contribution in [3.63, 3.8) is 0 Å². The summed E-state index contributed by atoms with van der Waals surface area (Å²) in [5.41, 5.74) is 0. The molecule has 0 fully saturated rings. The molecule has 0 N–H and O–H groups in total. The van der Waals surface area contributed by atoms with Crippen molar-refractivity contribution in [2.45, 2.75) is 34.6 Å². The van der Waals surface area contributed by atoms with Crippen LogP contribution in [0.3, 0.4) is 0 Å². The summed E-state index contributed by atoms with van der Waals surface area (Å²) in [5.74, 6) is 0. The van der Waals surface area contributed by atoms with Crippen LogP contribution in [0.15, 0.2) is 0 Å². The van der Waals surface area contributed by atoms with Gasteiger partial charge in [-0.2, -0.15) is 0 Å². The van der Waals surface area contributed by atoms with Gasteiger partial charge in [-0.15, -0.1) is 6.61 Å². The summed E-state index contributed by atoms with van der Waals surface area (Å²) in [6.45, 7) is 15.8. The number of hydrogen-bond donors (Lipinski definition) is 0. The zero-order valence-electron chi connectivity index (χ0n) is 9.39. The van der Waals surface area contributed by atoms with E-state index in [0.29, 0.717) is 0 Å². The maximum absolute atomic E-state index is 8.93. The summed E-state index contributed by atoms with van der Waals surface area (Å²) in [4.78, 5) is 0. The molecule has 76 valence electrons. The Balaban J connectivity index is 0. The van der Waals surface area contributed by atoms with E-state index >= 15 is 0 Å². The van der Waals surface area contributed by atoms with Crippen molar-refractivity contribution in [2.24, 2.45) is 0 Å². The van der Waals surface area contributed by atoms with Gasteiger partial charge >= 0.3 is 0 Å². The summed E-state index contributed by atoms with van der Waals surface area (Å²) >= 11 is 0. The number of quaternary nitrogens is 1. The van der Waals surface area contributed by atoms with Gasteiger partial charge in [0, 0.05) is 0 Å². The first-order chi connectivity index (χ1) is 5.66. The maximum Gasteiger partial charge on any atom is 0.0757 e. The lowest BCUT2D eigenvalue weighted by atomic mass is 10.3. The molecule has 0 aromatic carbocycles. The zero-order valence-corrected chi connectivity index (χ0v) is 9.39. The molecule has 0 aliphatic carbocycles. The lowest BCUT2D eigenvalue weighted by Gasteiger charge is -2.34. The molecule has 0 spiro atoms. The van der Waals surface area contributed by atoms with Crippen LogP contribution in [0.2, 0.25) is 0 Å². The molecule has 12 heavy (non-hydrogen) atoms. The highest BCUT2D eigenvalue weighted by Crippen LogP contribution is 2.03. The minimum atomic E-state index is 0. The van der Waals surface area contributed by atoms with Crippen LogP contribution in [0.1, 0.15) is 34.6 Å². The predicted octanol–water partition coefficient (Wildman–Crippen LogP) is 1.25. The average Bonchev–Trinajstić information content (AvgIpc) is 2.11. The first-order valence-corrected chi connectivity index (χ1v) is 5.09. The summed E-state index contributed by atoms with van der Waals surface area (Å²) in [7, 11) is 0. The van der Waals surface area contributed by atoms with E-state index in [-0.39, 0.29) is 6.61 Å². The lowest BCUT2D eigenvalue weighted by molar-refractivity contribution is -0.921. The molecule has 2 heteroatoms. The third-order valence-corrected chi connectivity index (χ3v) is 2.68. The Morgan fingerprint density at radius 2 is 0.917 bits per heavy atom. The van der Waals surface area contributed by atoms with Crippen molar-refractivity contribution in [1.29, 1.82) is 0 Å². The van der Waals surface area contributed by atoms with E-state index in [0.717, 1.165) is 0 Å². The summed E-state index contributed by atoms with van der Waals surface area (Å²) in [6, 6.07) is 0. The van der Waals surface area contributed by atoms with Crippen molar-refractivity contribution >= 4 is 0 Å². The maximum atomic E-state index is 8.93. The first kappa shape index (κ1) is 14.4. The van der Waals surface area contributed by atoms with Crippen molar-refractivity contribution in [2.75, 3.05) is 32.8 Å². The van der Waals surface area contributed by atoms with Gasteiger partial charge in [0.15, 0.2) is 0 Å². The fraction of sp³-hybridized carbons (Fsp3) is 1.00. The van der Waals surface area contributed by atoms with E-state index in [1.54, 1.807) is 6.92 Å². The van der Waals surface area contributed by atoms with E-state index in [2.05, 4.69) is 27.7 Å². The molecule has 0 radical (unpaired) electrons. The van der Waals surface area contributed by atoms with Crippen molar-refractivity contribution in [3.05, 3.63) is 0 Å². The molecule has 0 aromatic rings. The molecular formula is C10H25NO. The minimum absolute atomic E-state index is 0. The SMILES string of the molecule is CC[N+](CC)(CC)CC.CC[O-]. The van der Waals surface area contributed by atoms with Gasteiger partial charge in [0.05, 0.1) is 26.2 Å². The van der Waals surface area contributed by atoms with Crippen LogP contribution in [0.5, 0.6) is 0 Å². The third-order valence-electron chi connectivity index (χ3n) is 2.68. The topological polar surface area (TPSA) is 23.1 Å². The van der Waals surface area contributed by atoms with Gasteiger partial charge in [-0.1, -0.05) is 6.92 Å². The van der Waals surface area contributed by atoms with Gasteiger partial charge in [0.2, 0.25) is 0 Å². The van der Waals surface area contributed by atoms with Crippen LogP contribution in [-0.4, -0.2) is 37.3 Å². The minimum Gasteiger partial charge on any atom is -0.855 e. The predicted molar refractivity (Wildman–Crippen MR) is 53.0 cm³/mol. The normalized spacial score (nSPS) is 10.5. The molecule has 0 atom stereocenters. The van der Waals surface area contributed by atoms with E-state index in [1.807, 2.05) is 0 Å². The Hall–Kier alpha value is -0.0800. The summed E-state index contributed by atoms with van der Waals surface area (Å²) < 4.78 is 1.28. The van der Waals surface area contributed by atoms with Gasteiger partial charge < -0.3 is 9.59 Å². The molecule has 0 rings (SSSR count). The summed E-state index contributed by atoms with van der Waals surface area (Å²) in [5, 5.41) is 8.93. The molecule has 0 saturated heterocycles. The van der Waals surface area contributed by atoms with Gasteiger partial charge in [0.1, 0.15) is 0 Å². The van der Waals surface area contributed by atoms with Gasteiger partial charge in [-0.25, -0.2) is 0 Å². The molecule has 0 heterocycles. The van der Waals surface area contributed by atoms with E-state index in [4.69, 9.17) is 5.11 Å². The fourth-order valence-corrected chi connectivity index (χ4v) is 1.34. The van der Waals surface area contributed by atoms with Gasteiger partial charge in [-0.3, -0.25) is 0 Å². The van der Waals surface area contributed by atoms with Crippen LogP contribution in [0.25, 0.3) is 0 Å². The van der Waals surface area contributed by atoms with Gasteiger partial charge in [-0.05, 0) is 27.7 Å². The average molecular weight is 175 g/mol. The Morgan fingerprint density at radius 3 is 0.917 bits per heavy atom. The van der Waals surface area contributed by atoms with Crippen LogP contribution in [0, 0.1) is 0 Å². The first-order valence-electron chi connectivity index (χ1n) is 5.09. The number of rotatable bonds is 4. The standard InChI is InChI=1S/C8H20N.C2H5O/c1-5-9(6-2,7-3)8-4;1-2-3/h5-8H2,1-4H3;2H2,1H3/q+1;-1. The highest BCUT2D eigenvalue weighted by molar-refractivity contribution is 4.31. The molecule has 0 aliphatic heterocycles. The van der Waals surface area contributed by atoms with Crippen LogP contribution in [0.4, 0.5) is 0 Å². The van der Waals surface area contributed by atoms with Gasteiger partial charge in [0.25, 0.3) is 0 Å². The second kappa shape index (κ2) is 9.01. The Bertz CT molecular complexity index is 62.4. The largest absolute Gasteiger partial charge is 0.855 e. The van der Waals surface area contributed by atoms with E-state index in [1.165, 1.54) is 30.7 Å². The zero-order chi connectivity index (χ0) is 10.0. The quantitative estimate of drug-likeness (QED) is 0.590. The molecule has 2 nitrogen and oxygen atoms in total. The highest BCUT2D eigenvalue weighted by atomic mass is 16.2. The molecule has 0 saturated carbocycles. The third kappa shape index (κ3) is 5.56. The monoisotopic (exact) mass is 175 g/mol. The molecule has 0 amide bonds. The van der Waals surface area contributed by atoms with E-state index < -0.39 is 0 Å². The molecule has 0 aliphatic rings. The van der Waals surface area contributed by atoms with Crippen LogP contribution >= 0.6 is 0 Å². The second-order valence-electron chi connectivity index (χ2n) is 2.90. The Kier molecular flexibility index (Phi) is 10.8. The molecule has 0 bridgehead atoms. The molecule has 0 aromatic heterocycles. The number of nitrogens with zero attached hydrogens (tertiary/aromatic N) is 1. The second-order valence-corrected chi connectivity index (χ2v) is 2.90. The Morgan fingerprint density at radius 1 is 0.750 bits per heavy atom. The highest BCUT2D eigenvalue weighted by Gasteiger charge is 2.16. The fourth-order valence-electron chi connectivity index (χ4n) is 1.34. The molecule has 0 unspecified atom stereocenters. The van der Waals surface area contributed by atoms with Crippen molar-refractivity contribution in [1.82, 2.24) is 0 Å².